The third-order valence-electron chi connectivity index (χ3n) is 7.21. The first-order valence-corrected chi connectivity index (χ1v) is 12.6. The molecule has 0 aromatic heterocycles. The molecule has 4 nitrogen and oxygen atoms in total. The van der Waals surface area contributed by atoms with Gasteiger partial charge in [-0.15, -0.1) is 0 Å². The predicted molar refractivity (Wildman–Crippen MR) is 132 cm³/mol. The standard InChI is InChI=1S/C28H28BrNO3/c1-28(2)15-23-27(24(31)16-28)21(17-5-3-6-19(29)11-17)13-22-20-14-26-25(32-9-4-10-33-26)12-18(20)7-8-30(22)23/h3,5-6,11-14,21H,4,7-10,15-16H2,1-2H3/t21-/m0/s1. The second-order valence-electron chi connectivity index (χ2n) is 10.3. The summed E-state index contributed by atoms with van der Waals surface area (Å²) in [5.74, 6) is 1.92. The molecule has 0 bridgehead atoms. The minimum Gasteiger partial charge on any atom is -0.490 e. The van der Waals surface area contributed by atoms with Crippen LogP contribution in [0.5, 0.6) is 11.5 Å². The molecule has 33 heavy (non-hydrogen) atoms. The van der Waals surface area contributed by atoms with Gasteiger partial charge in [0.05, 0.1) is 13.2 Å². The van der Waals surface area contributed by atoms with E-state index in [9.17, 15) is 4.79 Å². The van der Waals surface area contributed by atoms with Crippen molar-refractivity contribution in [1.82, 2.24) is 4.90 Å². The number of fused-ring (bicyclic) bond motifs is 5. The highest BCUT2D eigenvalue weighted by atomic mass is 79.9. The van der Waals surface area contributed by atoms with E-state index in [1.165, 1.54) is 22.5 Å². The Morgan fingerprint density at radius 3 is 2.64 bits per heavy atom. The molecular formula is C28H28BrNO3. The van der Waals surface area contributed by atoms with E-state index in [0.717, 1.165) is 52.9 Å². The van der Waals surface area contributed by atoms with E-state index in [2.05, 4.69) is 71.1 Å². The molecule has 0 radical (unpaired) electrons. The van der Waals surface area contributed by atoms with Gasteiger partial charge in [0.1, 0.15) is 0 Å². The van der Waals surface area contributed by atoms with Crippen molar-refractivity contribution >= 4 is 27.4 Å². The van der Waals surface area contributed by atoms with Gasteiger partial charge in [-0.1, -0.05) is 41.9 Å². The first-order valence-electron chi connectivity index (χ1n) is 11.8. The third-order valence-corrected chi connectivity index (χ3v) is 7.70. The van der Waals surface area contributed by atoms with Crippen LogP contribution in [0, 0.1) is 5.41 Å². The molecule has 0 amide bonds. The van der Waals surface area contributed by atoms with Gasteiger partial charge in [-0.3, -0.25) is 4.79 Å². The summed E-state index contributed by atoms with van der Waals surface area (Å²) in [4.78, 5) is 15.9. The normalized spacial score (nSPS) is 23.2. The van der Waals surface area contributed by atoms with Gasteiger partial charge in [0.15, 0.2) is 17.3 Å². The minimum absolute atomic E-state index is 0.0365. The second kappa shape index (κ2) is 7.76. The SMILES string of the molecule is CC1(C)CC(=O)C2=C(C1)N1CCc3cc4c(cc3C1=C[C@H]2c1cccc(Br)c1)OCCCO4. The summed E-state index contributed by atoms with van der Waals surface area (Å²) in [6, 6.07) is 12.7. The van der Waals surface area contributed by atoms with Crippen LogP contribution < -0.4 is 9.47 Å². The van der Waals surface area contributed by atoms with E-state index in [1.807, 2.05) is 6.07 Å². The molecule has 0 saturated heterocycles. The lowest BCUT2D eigenvalue weighted by atomic mass is 9.69. The van der Waals surface area contributed by atoms with Gasteiger partial charge < -0.3 is 14.4 Å². The van der Waals surface area contributed by atoms with Crippen LogP contribution >= 0.6 is 15.9 Å². The van der Waals surface area contributed by atoms with Crippen molar-refractivity contribution in [2.75, 3.05) is 19.8 Å². The van der Waals surface area contributed by atoms with Crippen LogP contribution in [0.15, 0.2) is 58.2 Å². The van der Waals surface area contributed by atoms with Crippen molar-refractivity contribution in [3.8, 4) is 11.5 Å². The van der Waals surface area contributed by atoms with Crippen LogP contribution in [-0.4, -0.2) is 30.4 Å². The lowest BCUT2D eigenvalue weighted by Gasteiger charge is -2.46. The molecule has 0 N–H and O–H groups in total. The molecule has 0 spiro atoms. The van der Waals surface area contributed by atoms with Crippen molar-refractivity contribution < 1.29 is 14.3 Å². The van der Waals surface area contributed by atoms with E-state index in [4.69, 9.17) is 9.47 Å². The molecule has 3 heterocycles. The Bertz CT molecular complexity index is 1230. The quantitative estimate of drug-likeness (QED) is 0.459. The third kappa shape index (κ3) is 3.61. The Morgan fingerprint density at radius 2 is 1.85 bits per heavy atom. The lowest BCUT2D eigenvalue weighted by molar-refractivity contribution is -0.118. The Labute approximate surface area is 203 Å². The number of hydrogen-bond donors (Lipinski definition) is 0. The summed E-state index contributed by atoms with van der Waals surface area (Å²) in [6.07, 6.45) is 5.64. The van der Waals surface area contributed by atoms with E-state index >= 15 is 0 Å². The van der Waals surface area contributed by atoms with Crippen LogP contribution in [-0.2, 0) is 11.2 Å². The molecular weight excluding hydrogens is 478 g/mol. The first-order chi connectivity index (χ1) is 15.9. The van der Waals surface area contributed by atoms with E-state index in [1.54, 1.807) is 0 Å². The molecule has 0 fully saturated rings. The monoisotopic (exact) mass is 505 g/mol. The average molecular weight is 506 g/mol. The van der Waals surface area contributed by atoms with Gasteiger partial charge in [0, 0.05) is 52.3 Å². The zero-order valence-corrected chi connectivity index (χ0v) is 20.7. The number of halogens is 1. The van der Waals surface area contributed by atoms with Gasteiger partial charge in [-0.2, -0.15) is 0 Å². The smallest absolute Gasteiger partial charge is 0.162 e. The molecule has 1 atom stereocenters. The Hall–Kier alpha value is -2.53. The first kappa shape index (κ1) is 21.0. The van der Waals surface area contributed by atoms with Crippen molar-refractivity contribution in [2.24, 2.45) is 5.41 Å². The number of ketones is 1. The fraction of sp³-hybridized carbons (Fsp3) is 0.393. The number of hydrogen-bond acceptors (Lipinski definition) is 4. The van der Waals surface area contributed by atoms with Gasteiger partial charge in [0.25, 0.3) is 0 Å². The topological polar surface area (TPSA) is 38.8 Å². The lowest BCUT2D eigenvalue weighted by Crippen LogP contribution is -2.40. The van der Waals surface area contributed by atoms with E-state index in [0.29, 0.717) is 19.6 Å². The second-order valence-corrected chi connectivity index (χ2v) is 11.2. The van der Waals surface area contributed by atoms with Crippen LogP contribution in [0.3, 0.4) is 0 Å². The zero-order valence-electron chi connectivity index (χ0n) is 19.1. The summed E-state index contributed by atoms with van der Waals surface area (Å²) >= 11 is 3.63. The maximum Gasteiger partial charge on any atom is 0.162 e. The minimum atomic E-state index is -0.0470. The molecule has 6 rings (SSSR count). The molecule has 3 aliphatic heterocycles. The average Bonchev–Trinajstić information content (AvgIpc) is 3.01. The molecule has 1 aliphatic carbocycles. The van der Waals surface area contributed by atoms with E-state index < -0.39 is 0 Å². The molecule has 0 unspecified atom stereocenters. The highest BCUT2D eigenvalue weighted by Crippen LogP contribution is 2.51. The molecule has 170 valence electrons. The highest BCUT2D eigenvalue weighted by Gasteiger charge is 2.42. The number of carbonyl (C=O) groups is 1. The molecule has 4 aliphatic rings. The number of benzene rings is 2. The zero-order chi connectivity index (χ0) is 22.7. The number of ether oxygens (including phenoxy) is 2. The molecule has 0 saturated carbocycles. The van der Waals surface area contributed by atoms with Crippen molar-refractivity contribution in [3.05, 3.63) is 74.9 Å². The van der Waals surface area contributed by atoms with Crippen LogP contribution in [0.4, 0.5) is 0 Å². The molecule has 2 aromatic rings. The molecule has 2 aromatic carbocycles. The Balaban J connectivity index is 1.53. The van der Waals surface area contributed by atoms with Crippen LogP contribution in [0.1, 0.15) is 55.7 Å². The van der Waals surface area contributed by atoms with Gasteiger partial charge in [-0.05, 0) is 59.7 Å². The van der Waals surface area contributed by atoms with Gasteiger partial charge in [-0.25, -0.2) is 0 Å². The fourth-order valence-corrected chi connectivity index (χ4v) is 6.17. The number of rotatable bonds is 1. The Morgan fingerprint density at radius 1 is 1.06 bits per heavy atom. The van der Waals surface area contributed by atoms with Gasteiger partial charge >= 0.3 is 0 Å². The number of allylic oxidation sites excluding steroid dienone is 3. The largest absolute Gasteiger partial charge is 0.490 e. The van der Waals surface area contributed by atoms with Crippen molar-refractivity contribution in [1.29, 1.82) is 0 Å². The number of nitrogens with zero attached hydrogens (tertiary/aromatic N) is 1. The van der Waals surface area contributed by atoms with Crippen LogP contribution in [0.25, 0.3) is 5.70 Å². The maximum atomic E-state index is 13.5. The summed E-state index contributed by atoms with van der Waals surface area (Å²) in [5, 5.41) is 0. The predicted octanol–water partition coefficient (Wildman–Crippen LogP) is 6.25. The highest BCUT2D eigenvalue weighted by molar-refractivity contribution is 9.10. The van der Waals surface area contributed by atoms with E-state index in [-0.39, 0.29) is 17.1 Å². The van der Waals surface area contributed by atoms with Crippen molar-refractivity contribution in [3.63, 3.8) is 0 Å². The van der Waals surface area contributed by atoms with Crippen LogP contribution in [0.2, 0.25) is 0 Å². The summed E-state index contributed by atoms with van der Waals surface area (Å²) in [7, 11) is 0. The number of Topliss-reactive ketones (excluding diaryl/α,β-unsaturated/α-hetero) is 1. The van der Waals surface area contributed by atoms with Gasteiger partial charge in [0.2, 0.25) is 0 Å². The van der Waals surface area contributed by atoms with Crippen molar-refractivity contribution in [2.45, 2.75) is 45.4 Å². The molecule has 5 heteroatoms. The number of carbonyl (C=O) groups excluding carboxylic acids is 1. The summed E-state index contributed by atoms with van der Waals surface area (Å²) in [5.41, 5.74) is 6.99. The fourth-order valence-electron chi connectivity index (χ4n) is 5.75. The Kier molecular flexibility index (Phi) is 4.95. The maximum absolute atomic E-state index is 13.5. The summed E-state index contributed by atoms with van der Waals surface area (Å²) in [6.45, 7) is 6.67. The summed E-state index contributed by atoms with van der Waals surface area (Å²) < 4.78 is 13.0.